The number of aryl methyl sites for hydroxylation is 1. The SMILES string of the molecule is COc1ccccc1N1CCN(CCCn2nc(-c3ccc(Cl)cc3)cc(-c3ccccc3)c2=O)CC1. The standard InChI is InChI=1S/C30H31ClN4O2/c1-37-29-11-6-5-10-28(29)34-20-18-33(19-21-34)16-7-17-35-30(36)26(23-8-3-2-4-9-23)22-27(32-35)24-12-14-25(31)15-13-24/h2-6,8-15,22H,7,16-21H2,1H3. The summed E-state index contributed by atoms with van der Waals surface area (Å²) in [4.78, 5) is 18.2. The molecule has 1 aliphatic rings. The van der Waals surface area contributed by atoms with Crippen molar-refractivity contribution in [3.05, 3.63) is 100 Å². The first-order valence-corrected chi connectivity index (χ1v) is 13.0. The molecule has 1 fully saturated rings. The number of ether oxygens (including phenoxy) is 1. The van der Waals surface area contributed by atoms with Crippen LogP contribution >= 0.6 is 11.6 Å². The summed E-state index contributed by atoms with van der Waals surface area (Å²) in [6.45, 7) is 5.32. The first-order chi connectivity index (χ1) is 18.1. The van der Waals surface area contributed by atoms with Gasteiger partial charge in [-0.1, -0.05) is 66.2 Å². The molecule has 1 aliphatic heterocycles. The topological polar surface area (TPSA) is 50.6 Å². The van der Waals surface area contributed by atoms with Crippen LogP contribution in [0.3, 0.4) is 0 Å². The lowest BCUT2D eigenvalue weighted by Crippen LogP contribution is -2.47. The summed E-state index contributed by atoms with van der Waals surface area (Å²) in [6.07, 6.45) is 0.847. The lowest BCUT2D eigenvalue weighted by Gasteiger charge is -2.36. The Morgan fingerprint density at radius 2 is 1.54 bits per heavy atom. The lowest BCUT2D eigenvalue weighted by molar-refractivity contribution is 0.247. The van der Waals surface area contributed by atoms with Gasteiger partial charge in [-0.3, -0.25) is 9.69 Å². The van der Waals surface area contributed by atoms with Gasteiger partial charge >= 0.3 is 0 Å². The number of aromatic nitrogens is 2. The van der Waals surface area contributed by atoms with Crippen LogP contribution in [0, 0.1) is 0 Å². The molecule has 37 heavy (non-hydrogen) atoms. The van der Waals surface area contributed by atoms with E-state index < -0.39 is 0 Å². The minimum absolute atomic E-state index is 0.0649. The van der Waals surface area contributed by atoms with Crippen molar-refractivity contribution in [3.63, 3.8) is 0 Å². The molecule has 3 aromatic carbocycles. The van der Waals surface area contributed by atoms with Crippen LogP contribution in [0.2, 0.25) is 5.02 Å². The van der Waals surface area contributed by atoms with Crippen LogP contribution in [0.4, 0.5) is 5.69 Å². The van der Waals surface area contributed by atoms with Crippen LogP contribution in [0.1, 0.15) is 6.42 Å². The number of anilines is 1. The van der Waals surface area contributed by atoms with Crippen molar-refractivity contribution in [1.29, 1.82) is 0 Å². The summed E-state index contributed by atoms with van der Waals surface area (Å²) >= 11 is 6.09. The van der Waals surface area contributed by atoms with Gasteiger partial charge in [0.15, 0.2) is 0 Å². The molecule has 6 nitrogen and oxygen atoms in total. The largest absolute Gasteiger partial charge is 0.495 e. The number of halogens is 1. The quantitative estimate of drug-likeness (QED) is 0.313. The maximum absolute atomic E-state index is 13.4. The molecule has 0 saturated carbocycles. The van der Waals surface area contributed by atoms with Crippen molar-refractivity contribution in [2.45, 2.75) is 13.0 Å². The molecule has 190 valence electrons. The molecule has 5 rings (SSSR count). The van der Waals surface area contributed by atoms with Gasteiger partial charge in [-0.05, 0) is 42.3 Å². The van der Waals surface area contributed by atoms with Crippen molar-refractivity contribution < 1.29 is 4.74 Å². The Balaban J connectivity index is 1.28. The summed E-state index contributed by atoms with van der Waals surface area (Å²) in [7, 11) is 1.72. The van der Waals surface area contributed by atoms with Crippen LogP contribution in [0.15, 0.2) is 89.7 Å². The van der Waals surface area contributed by atoms with Crippen molar-refractivity contribution in [1.82, 2.24) is 14.7 Å². The van der Waals surface area contributed by atoms with Crippen LogP contribution < -0.4 is 15.2 Å². The molecule has 1 aromatic heterocycles. The van der Waals surface area contributed by atoms with Gasteiger partial charge in [0, 0.05) is 49.9 Å². The molecule has 0 bridgehead atoms. The van der Waals surface area contributed by atoms with Gasteiger partial charge in [-0.2, -0.15) is 5.10 Å². The molecule has 0 amide bonds. The first kappa shape index (κ1) is 25.1. The van der Waals surface area contributed by atoms with E-state index in [1.54, 1.807) is 11.8 Å². The van der Waals surface area contributed by atoms with Crippen LogP contribution in [-0.4, -0.2) is 54.5 Å². The minimum atomic E-state index is -0.0649. The Labute approximate surface area is 222 Å². The second kappa shape index (κ2) is 11.6. The van der Waals surface area contributed by atoms with Crippen molar-refractivity contribution in [2.24, 2.45) is 0 Å². The van der Waals surface area contributed by atoms with E-state index in [2.05, 4.69) is 21.9 Å². The predicted molar refractivity (Wildman–Crippen MR) is 151 cm³/mol. The van der Waals surface area contributed by atoms with E-state index in [0.717, 1.165) is 67.4 Å². The highest BCUT2D eigenvalue weighted by Gasteiger charge is 2.19. The van der Waals surface area contributed by atoms with E-state index in [9.17, 15) is 4.79 Å². The van der Waals surface area contributed by atoms with E-state index in [-0.39, 0.29) is 5.56 Å². The van der Waals surface area contributed by atoms with Gasteiger partial charge in [-0.25, -0.2) is 4.68 Å². The summed E-state index contributed by atoms with van der Waals surface area (Å²) in [5, 5.41) is 5.40. The molecule has 0 spiro atoms. The maximum Gasteiger partial charge on any atom is 0.274 e. The molecule has 2 heterocycles. The number of piperazine rings is 1. The highest BCUT2D eigenvalue weighted by molar-refractivity contribution is 6.30. The predicted octanol–water partition coefficient (Wildman–Crippen LogP) is 5.45. The third-order valence-electron chi connectivity index (χ3n) is 6.84. The summed E-state index contributed by atoms with van der Waals surface area (Å²) in [5.74, 6) is 0.913. The monoisotopic (exact) mass is 514 g/mol. The van der Waals surface area contributed by atoms with Gasteiger partial charge in [0.2, 0.25) is 0 Å². The van der Waals surface area contributed by atoms with Gasteiger partial charge in [0.05, 0.1) is 24.1 Å². The van der Waals surface area contributed by atoms with Gasteiger partial charge in [0.25, 0.3) is 5.56 Å². The lowest BCUT2D eigenvalue weighted by atomic mass is 10.0. The fraction of sp³-hybridized carbons (Fsp3) is 0.267. The smallest absolute Gasteiger partial charge is 0.274 e. The van der Waals surface area contributed by atoms with Crippen LogP contribution in [0.25, 0.3) is 22.4 Å². The van der Waals surface area contributed by atoms with E-state index >= 15 is 0 Å². The fourth-order valence-electron chi connectivity index (χ4n) is 4.83. The average molecular weight is 515 g/mol. The highest BCUT2D eigenvalue weighted by atomic mass is 35.5. The van der Waals surface area contributed by atoms with Crippen LogP contribution in [-0.2, 0) is 6.54 Å². The number of methoxy groups -OCH3 is 1. The third-order valence-corrected chi connectivity index (χ3v) is 7.09. The highest BCUT2D eigenvalue weighted by Crippen LogP contribution is 2.28. The number of benzene rings is 3. The Morgan fingerprint density at radius 1 is 0.838 bits per heavy atom. The first-order valence-electron chi connectivity index (χ1n) is 12.7. The molecule has 0 N–H and O–H groups in total. The molecule has 0 atom stereocenters. The molecular weight excluding hydrogens is 484 g/mol. The number of rotatable bonds is 8. The number of hydrogen-bond donors (Lipinski definition) is 0. The van der Waals surface area contributed by atoms with Crippen LogP contribution in [0.5, 0.6) is 5.75 Å². The third kappa shape index (κ3) is 5.87. The second-order valence-corrected chi connectivity index (χ2v) is 9.63. The zero-order valence-corrected chi connectivity index (χ0v) is 21.8. The molecule has 0 radical (unpaired) electrons. The number of nitrogens with zero attached hydrogens (tertiary/aromatic N) is 4. The zero-order chi connectivity index (χ0) is 25.6. The second-order valence-electron chi connectivity index (χ2n) is 9.20. The van der Waals surface area contributed by atoms with E-state index in [4.69, 9.17) is 21.4 Å². The number of hydrogen-bond acceptors (Lipinski definition) is 5. The summed E-state index contributed by atoms with van der Waals surface area (Å²) in [6, 6.07) is 27.4. The maximum atomic E-state index is 13.4. The summed E-state index contributed by atoms with van der Waals surface area (Å²) in [5.41, 5.74) is 4.33. The molecule has 0 unspecified atom stereocenters. The van der Waals surface area contributed by atoms with Gasteiger partial charge in [0.1, 0.15) is 5.75 Å². The zero-order valence-electron chi connectivity index (χ0n) is 21.0. The van der Waals surface area contributed by atoms with E-state index in [0.29, 0.717) is 17.1 Å². The minimum Gasteiger partial charge on any atom is -0.495 e. The van der Waals surface area contributed by atoms with Gasteiger partial charge < -0.3 is 9.64 Å². The number of para-hydroxylation sites is 2. The van der Waals surface area contributed by atoms with Crippen molar-refractivity contribution >= 4 is 17.3 Å². The molecule has 4 aromatic rings. The molecule has 7 heteroatoms. The van der Waals surface area contributed by atoms with Crippen molar-refractivity contribution in [3.8, 4) is 28.1 Å². The van der Waals surface area contributed by atoms with E-state index in [1.165, 1.54) is 0 Å². The molecule has 0 aliphatic carbocycles. The normalized spacial score (nSPS) is 14.1. The Kier molecular flexibility index (Phi) is 7.87. The average Bonchev–Trinajstić information content (AvgIpc) is 2.95. The van der Waals surface area contributed by atoms with Gasteiger partial charge in [-0.15, -0.1) is 0 Å². The Morgan fingerprint density at radius 3 is 2.27 bits per heavy atom. The summed E-state index contributed by atoms with van der Waals surface area (Å²) < 4.78 is 7.16. The molecule has 1 saturated heterocycles. The Bertz CT molecular complexity index is 1380. The van der Waals surface area contributed by atoms with Crippen molar-refractivity contribution in [2.75, 3.05) is 44.7 Å². The molecular formula is C30H31ClN4O2. The van der Waals surface area contributed by atoms with E-state index in [1.807, 2.05) is 72.8 Å². The Hall–Kier alpha value is -3.61. The fourth-order valence-corrected chi connectivity index (χ4v) is 4.95.